The molecule has 1 aromatic heterocycles. The summed E-state index contributed by atoms with van der Waals surface area (Å²) >= 11 is 0. The molecular weight excluding hydrogens is 348 g/mol. The molecule has 2 rings (SSSR count). The van der Waals surface area contributed by atoms with E-state index in [4.69, 9.17) is 0 Å². The number of alkyl halides is 3. The molecule has 134 valence electrons. The average molecular weight is 360 g/mol. The number of carbonyl (C=O) groups is 1. The molecule has 0 radical (unpaired) electrons. The van der Waals surface area contributed by atoms with Gasteiger partial charge in [-0.05, 0) is 18.2 Å². The highest BCUT2D eigenvalue weighted by Crippen LogP contribution is 2.30. The van der Waals surface area contributed by atoms with Gasteiger partial charge in [-0.15, -0.1) is 0 Å². The number of aromatic nitrogens is 2. The Kier molecular flexibility index (Phi) is 5.67. The van der Waals surface area contributed by atoms with Crippen LogP contribution in [0, 0.1) is 5.82 Å². The van der Waals surface area contributed by atoms with E-state index < -0.39 is 29.6 Å². The fraction of sp³-hybridized carbons (Fsp3) is 0.286. The van der Waals surface area contributed by atoms with E-state index in [1.54, 1.807) is 0 Å². The fourth-order valence-electron chi connectivity index (χ4n) is 1.77. The third kappa shape index (κ3) is 4.75. The molecule has 0 saturated carbocycles. The zero-order valence-corrected chi connectivity index (χ0v) is 12.8. The summed E-state index contributed by atoms with van der Waals surface area (Å²) in [5.41, 5.74) is -0.326. The molecule has 0 fully saturated rings. The van der Waals surface area contributed by atoms with Gasteiger partial charge in [0.15, 0.2) is 0 Å². The first-order chi connectivity index (χ1) is 11.8. The van der Waals surface area contributed by atoms with Crippen molar-refractivity contribution in [1.29, 1.82) is 0 Å². The molecule has 0 aliphatic carbocycles. The van der Waals surface area contributed by atoms with Crippen molar-refractivity contribution in [3.05, 3.63) is 35.5 Å². The van der Waals surface area contributed by atoms with Crippen LogP contribution < -0.4 is 5.32 Å². The van der Waals surface area contributed by atoms with Crippen LogP contribution in [0.1, 0.15) is 22.7 Å². The van der Waals surface area contributed by atoms with E-state index in [-0.39, 0.29) is 17.7 Å². The molecule has 1 aromatic carbocycles. The minimum Gasteiger partial charge on any atom is -0.399 e. The van der Waals surface area contributed by atoms with E-state index in [2.05, 4.69) is 30.0 Å². The van der Waals surface area contributed by atoms with E-state index >= 15 is 0 Å². The Morgan fingerprint density at radius 2 is 2.20 bits per heavy atom. The van der Waals surface area contributed by atoms with Gasteiger partial charge in [0.05, 0.1) is 5.56 Å². The third-order valence-electron chi connectivity index (χ3n) is 2.88. The normalized spacial score (nSPS) is 11.7. The Bertz CT molecular complexity index is 774. The number of rotatable bonds is 6. The quantitative estimate of drug-likeness (QED) is 0.370. The lowest BCUT2D eigenvalue weighted by atomic mass is 10.1. The number of hydrogen-bond acceptors (Lipinski definition) is 6. The molecule has 0 aliphatic rings. The minimum atomic E-state index is -4.83. The van der Waals surface area contributed by atoms with Crippen LogP contribution in [0.25, 0.3) is 11.4 Å². The third-order valence-corrected chi connectivity index (χ3v) is 2.88. The summed E-state index contributed by atoms with van der Waals surface area (Å²) in [5.74, 6) is -3.66. The molecule has 0 aliphatic heterocycles. The van der Waals surface area contributed by atoms with Crippen LogP contribution in [0.5, 0.6) is 0 Å². The maximum Gasteiger partial charge on any atom is 0.471 e. The molecular formula is C14H12F4N4O3. The number of halogens is 4. The van der Waals surface area contributed by atoms with E-state index in [9.17, 15) is 22.4 Å². The van der Waals surface area contributed by atoms with Gasteiger partial charge >= 0.3 is 12.1 Å². The second kappa shape index (κ2) is 7.73. The van der Waals surface area contributed by atoms with Crippen LogP contribution in [0.3, 0.4) is 0 Å². The number of carbonyl (C=O) groups excluding carboxylic acids is 1. The van der Waals surface area contributed by atoms with Gasteiger partial charge in [-0.1, -0.05) is 10.3 Å². The highest BCUT2D eigenvalue weighted by Gasteiger charge is 2.38. The minimum absolute atomic E-state index is 0.00975. The van der Waals surface area contributed by atoms with Gasteiger partial charge < -0.3 is 14.7 Å². The Hall–Kier alpha value is -2.98. The van der Waals surface area contributed by atoms with E-state index in [1.165, 1.54) is 19.4 Å². The van der Waals surface area contributed by atoms with Gasteiger partial charge in [0, 0.05) is 24.7 Å². The van der Waals surface area contributed by atoms with Crippen LogP contribution in [0.2, 0.25) is 0 Å². The first kappa shape index (κ1) is 18.4. The Morgan fingerprint density at radius 3 is 2.80 bits per heavy atom. The van der Waals surface area contributed by atoms with Crippen molar-refractivity contribution in [2.24, 2.45) is 5.16 Å². The topological polar surface area (TPSA) is 89.6 Å². The van der Waals surface area contributed by atoms with Crippen LogP contribution in [0.15, 0.2) is 27.9 Å². The monoisotopic (exact) mass is 360 g/mol. The van der Waals surface area contributed by atoms with Gasteiger partial charge in [0.1, 0.15) is 12.9 Å². The number of hydrogen-bond donors (Lipinski definition) is 1. The first-order valence-electron chi connectivity index (χ1n) is 6.87. The molecule has 7 nitrogen and oxygen atoms in total. The lowest BCUT2D eigenvalue weighted by Gasteiger charge is -2.05. The predicted molar refractivity (Wildman–Crippen MR) is 77.1 cm³/mol. The van der Waals surface area contributed by atoms with Crippen molar-refractivity contribution in [2.45, 2.75) is 12.6 Å². The molecule has 1 heterocycles. The molecule has 0 unspecified atom stereocenters. The Balaban J connectivity index is 2.08. The van der Waals surface area contributed by atoms with Crippen molar-refractivity contribution in [1.82, 2.24) is 15.5 Å². The standard InChI is InChI=1S/C14H12F4N4O3/c1-24-20-6-2-5-19-12(23)8-3-4-9(10(15)7-8)11-21-13(25-22-11)14(16,17)18/h3-4,6-7H,2,5H2,1H3,(H,19,23)/b20-6+. The highest BCUT2D eigenvalue weighted by molar-refractivity contribution is 5.94. The second-order valence-electron chi connectivity index (χ2n) is 4.63. The van der Waals surface area contributed by atoms with Crippen molar-refractivity contribution >= 4 is 12.1 Å². The van der Waals surface area contributed by atoms with Gasteiger partial charge in [0.25, 0.3) is 5.91 Å². The van der Waals surface area contributed by atoms with Gasteiger partial charge in [-0.25, -0.2) is 4.39 Å². The molecule has 0 spiro atoms. The highest BCUT2D eigenvalue weighted by atomic mass is 19.4. The fourth-order valence-corrected chi connectivity index (χ4v) is 1.77. The predicted octanol–water partition coefficient (Wildman–Crippen LogP) is 2.65. The van der Waals surface area contributed by atoms with Gasteiger partial charge in [0.2, 0.25) is 5.82 Å². The summed E-state index contributed by atoms with van der Waals surface area (Å²) in [4.78, 5) is 19.4. The molecule has 1 N–H and O–H groups in total. The van der Waals surface area contributed by atoms with Crippen molar-refractivity contribution < 1.29 is 31.7 Å². The van der Waals surface area contributed by atoms with E-state index in [0.717, 1.165) is 12.1 Å². The summed E-state index contributed by atoms with van der Waals surface area (Å²) in [6, 6.07) is 3.21. The molecule has 1 amide bonds. The maximum absolute atomic E-state index is 14.1. The average Bonchev–Trinajstić information content (AvgIpc) is 3.04. The lowest BCUT2D eigenvalue weighted by Crippen LogP contribution is -2.24. The maximum atomic E-state index is 14.1. The van der Waals surface area contributed by atoms with Crippen molar-refractivity contribution in [2.75, 3.05) is 13.7 Å². The molecule has 0 bridgehead atoms. The second-order valence-corrected chi connectivity index (χ2v) is 4.63. The van der Waals surface area contributed by atoms with Crippen LogP contribution in [0.4, 0.5) is 17.6 Å². The number of nitrogens with zero attached hydrogens (tertiary/aromatic N) is 3. The van der Waals surface area contributed by atoms with Gasteiger partial charge in [-0.3, -0.25) is 4.79 Å². The SMILES string of the molecule is CO/N=C/CCNC(=O)c1ccc(-c2noc(C(F)(F)F)n2)c(F)c1. The number of amides is 1. The van der Waals surface area contributed by atoms with Gasteiger partial charge in [-0.2, -0.15) is 18.2 Å². The zero-order chi connectivity index (χ0) is 18.4. The number of oxime groups is 1. The Morgan fingerprint density at radius 1 is 1.44 bits per heavy atom. The summed E-state index contributed by atoms with van der Waals surface area (Å²) < 4.78 is 55.4. The van der Waals surface area contributed by atoms with Crippen molar-refractivity contribution in [3.63, 3.8) is 0 Å². The summed E-state index contributed by atoms with van der Waals surface area (Å²) in [5, 5.41) is 9.09. The Labute approximate surface area is 138 Å². The van der Waals surface area contributed by atoms with Crippen LogP contribution in [-0.2, 0) is 11.0 Å². The molecule has 25 heavy (non-hydrogen) atoms. The molecule has 2 aromatic rings. The van der Waals surface area contributed by atoms with E-state index in [0.29, 0.717) is 6.42 Å². The number of nitrogens with one attached hydrogen (secondary N) is 1. The molecule has 0 atom stereocenters. The van der Waals surface area contributed by atoms with Crippen LogP contribution >= 0.6 is 0 Å². The summed E-state index contributed by atoms with van der Waals surface area (Å²) in [6.45, 7) is 0.245. The number of benzene rings is 1. The summed E-state index contributed by atoms with van der Waals surface area (Å²) in [6.07, 6.45) is -2.98. The largest absolute Gasteiger partial charge is 0.471 e. The lowest BCUT2D eigenvalue weighted by molar-refractivity contribution is -0.159. The zero-order valence-electron chi connectivity index (χ0n) is 12.8. The summed E-state index contributed by atoms with van der Waals surface area (Å²) in [7, 11) is 1.38. The molecule has 0 saturated heterocycles. The first-order valence-corrected chi connectivity index (χ1v) is 6.87. The smallest absolute Gasteiger partial charge is 0.399 e. The van der Waals surface area contributed by atoms with Crippen LogP contribution in [-0.4, -0.2) is 35.9 Å². The molecule has 11 heteroatoms. The van der Waals surface area contributed by atoms with E-state index in [1.807, 2.05) is 0 Å². The van der Waals surface area contributed by atoms with Crippen molar-refractivity contribution in [3.8, 4) is 11.4 Å².